The van der Waals surface area contributed by atoms with Gasteiger partial charge in [-0.1, -0.05) is 32.0 Å². The van der Waals surface area contributed by atoms with Crippen LogP contribution < -0.4 is 0 Å². The van der Waals surface area contributed by atoms with Gasteiger partial charge in [0.15, 0.2) is 5.82 Å². The first-order valence-electron chi connectivity index (χ1n) is 6.95. The fourth-order valence-electron chi connectivity index (χ4n) is 2.31. The molecule has 0 aliphatic rings. The van der Waals surface area contributed by atoms with E-state index in [9.17, 15) is 0 Å². The summed E-state index contributed by atoms with van der Waals surface area (Å²) >= 11 is 5.20. The average Bonchev–Trinajstić information content (AvgIpc) is 3.05. The summed E-state index contributed by atoms with van der Waals surface area (Å²) in [6.45, 7) is 4.08. The molecule has 0 radical (unpaired) electrons. The van der Waals surface area contributed by atoms with Crippen LogP contribution in [0.1, 0.15) is 31.0 Å². The van der Waals surface area contributed by atoms with E-state index < -0.39 is 0 Å². The first-order chi connectivity index (χ1) is 10.2. The van der Waals surface area contributed by atoms with Gasteiger partial charge in [-0.05, 0) is 18.3 Å². The van der Waals surface area contributed by atoms with Crippen LogP contribution in [-0.4, -0.2) is 21.1 Å². The van der Waals surface area contributed by atoms with Gasteiger partial charge in [-0.15, -0.1) is 0 Å². The standard InChI is InChI=1S/C15H16N4OS/c1-3-12-11(10-7-5-6-8-13(10)20-12)9-16-19-14(4-2)17-18-15(19)21/h5-9H,3-4H2,1-2H3,(H,18,21)/b16-9-. The summed E-state index contributed by atoms with van der Waals surface area (Å²) < 4.78 is 8.00. The maximum absolute atomic E-state index is 5.86. The number of rotatable bonds is 4. The maximum atomic E-state index is 5.86. The van der Waals surface area contributed by atoms with Crippen molar-refractivity contribution in [2.75, 3.05) is 0 Å². The smallest absolute Gasteiger partial charge is 0.216 e. The van der Waals surface area contributed by atoms with E-state index in [1.165, 1.54) is 0 Å². The Kier molecular flexibility index (Phi) is 3.70. The number of nitrogens with one attached hydrogen (secondary N) is 1. The Morgan fingerprint density at radius 3 is 2.90 bits per heavy atom. The zero-order valence-electron chi connectivity index (χ0n) is 12.0. The molecule has 2 heterocycles. The minimum absolute atomic E-state index is 0.494. The molecule has 0 saturated heterocycles. The third-order valence-electron chi connectivity index (χ3n) is 3.37. The molecule has 108 valence electrons. The van der Waals surface area contributed by atoms with Crippen LogP contribution in [0.25, 0.3) is 11.0 Å². The summed E-state index contributed by atoms with van der Waals surface area (Å²) in [5.41, 5.74) is 1.88. The number of fused-ring (bicyclic) bond motifs is 1. The molecule has 1 N–H and O–H groups in total. The second kappa shape index (κ2) is 5.65. The van der Waals surface area contributed by atoms with E-state index in [2.05, 4.69) is 22.2 Å². The van der Waals surface area contributed by atoms with Gasteiger partial charge in [-0.2, -0.15) is 14.9 Å². The molecular weight excluding hydrogens is 284 g/mol. The second-order valence-electron chi connectivity index (χ2n) is 4.64. The SMILES string of the molecule is CCc1oc2ccccc2c1/C=N\n1c(CC)n[nH]c1=S. The summed E-state index contributed by atoms with van der Waals surface area (Å²) in [4.78, 5) is 0. The van der Waals surface area contributed by atoms with Crippen molar-refractivity contribution >= 4 is 29.4 Å². The van der Waals surface area contributed by atoms with Gasteiger partial charge in [-0.25, -0.2) is 0 Å². The highest BCUT2D eigenvalue weighted by atomic mass is 32.1. The minimum Gasteiger partial charge on any atom is -0.460 e. The molecule has 0 fully saturated rings. The highest BCUT2D eigenvalue weighted by Gasteiger charge is 2.11. The van der Waals surface area contributed by atoms with Crippen LogP contribution in [0.2, 0.25) is 0 Å². The Balaban J connectivity index is 2.11. The first-order valence-corrected chi connectivity index (χ1v) is 7.36. The number of para-hydroxylation sites is 1. The molecule has 5 nitrogen and oxygen atoms in total. The molecule has 3 aromatic rings. The summed E-state index contributed by atoms with van der Waals surface area (Å²) in [6.07, 6.45) is 3.37. The van der Waals surface area contributed by atoms with Crippen molar-refractivity contribution in [2.45, 2.75) is 26.7 Å². The summed E-state index contributed by atoms with van der Waals surface area (Å²) in [6, 6.07) is 7.96. The van der Waals surface area contributed by atoms with E-state index >= 15 is 0 Å². The normalized spacial score (nSPS) is 11.7. The van der Waals surface area contributed by atoms with Crippen LogP contribution in [0.3, 0.4) is 0 Å². The number of aromatic nitrogens is 3. The van der Waals surface area contributed by atoms with Crippen LogP contribution >= 0.6 is 12.2 Å². The number of furan rings is 1. The average molecular weight is 300 g/mol. The van der Waals surface area contributed by atoms with Crippen molar-refractivity contribution in [3.8, 4) is 0 Å². The minimum atomic E-state index is 0.494. The number of nitrogens with zero attached hydrogens (tertiary/aromatic N) is 3. The van der Waals surface area contributed by atoms with Crippen LogP contribution in [0.15, 0.2) is 33.8 Å². The molecule has 0 atom stereocenters. The molecule has 21 heavy (non-hydrogen) atoms. The van der Waals surface area contributed by atoms with Crippen molar-refractivity contribution in [3.05, 3.63) is 46.2 Å². The maximum Gasteiger partial charge on any atom is 0.216 e. The zero-order valence-corrected chi connectivity index (χ0v) is 12.8. The highest BCUT2D eigenvalue weighted by molar-refractivity contribution is 7.71. The Morgan fingerprint density at radius 2 is 2.14 bits per heavy atom. The first kappa shape index (κ1) is 13.8. The zero-order chi connectivity index (χ0) is 14.8. The van der Waals surface area contributed by atoms with Gasteiger partial charge in [0.1, 0.15) is 11.3 Å². The summed E-state index contributed by atoms with van der Waals surface area (Å²) in [7, 11) is 0. The summed E-state index contributed by atoms with van der Waals surface area (Å²) in [5.74, 6) is 1.73. The van der Waals surface area contributed by atoms with Gasteiger partial charge in [-0.3, -0.25) is 5.10 Å². The Labute approximate surface area is 127 Å². The lowest BCUT2D eigenvalue weighted by molar-refractivity contribution is 0.556. The molecule has 0 spiro atoms. The molecule has 0 saturated carbocycles. The van der Waals surface area contributed by atoms with Gasteiger partial charge in [0.2, 0.25) is 4.77 Å². The van der Waals surface area contributed by atoms with Gasteiger partial charge in [0.25, 0.3) is 0 Å². The van der Waals surface area contributed by atoms with Gasteiger partial charge >= 0.3 is 0 Å². The topological polar surface area (TPSA) is 59.1 Å². The number of hydrogen-bond acceptors (Lipinski definition) is 4. The van der Waals surface area contributed by atoms with Crippen molar-refractivity contribution in [1.29, 1.82) is 0 Å². The second-order valence-corrected chi connectivity index (χ2v) is 5.03. The molecule has 0 unspecified atom stereocenters. The van der Waals surface area contributed by atoms with E-state index in [-0.39, 0.29) is 0 Å². The predicted molar refractivity (Wildman–Crippen MR) is 85.4 cm³/mol. The molecule has 6 heteroatoms. The lowest BCUT2D eigenvalue weighted by Crippen LogP contribution is -1.98. The third-order valence-corrected chi connectivity index (χ3v) is 3.63. The molecule has 2 aromatic heterocycles. The molecule has 1 aromatic carbocycles. The van der Waals surface area contributed by atoms with Crippen LogP contribution in [0.4, 0.5) is 0 Å². The monoisotopic (exact) mass is 300 g/mol. The van der Waals surface area contributed by atoms with Crippen LogP contribution in [-0.2, 0) is 12.8 Å². The Bertz CT molecular complexity index is 856. The Morgan fingerprint density at radius 1 is 1.33 bits per heavy atom. The van der Waals surface area contributed by atoms with E-state index in [0.29, 0.717) is 4.77 Å². The number of hydrogen-bond donors (Lipinski definition) is 1. The van der Waals surface area contributed by atoms with E-state index in [1.54, 1.807) is 10.9 Å². The summed E-state index contributed by atoms with van der Waals surface area (Å²) in [5, 5.41) is 12.4. The fraction of sp³-hybridized carbons (Fsp3) is 0.267. The molecule has 0 amide bonds. The third kappa shape index (κ3) is 2.42. The van der Waals surface area contributed by atoms with Crippen molar-refractivity contribution in [3.63, 3.8) is 0 Å². The molecule has 0 bridgehead atoms. The van der Waals surface area contributed by atoms with Crippen molar-refractivity contribution in [2.24, 2.45) is 5.10 Å². The lowest BCUT2D eigenvalue weighted by Gasteiger charge is -1.97. The molecule has 0 aliphatic carbocycles. The van der Waals surface area contributed by atoms with Crippen molar-refractivity contribution in [1.82, 2.24) is 14.9 Å². The molecular formula is C15H16N4OS. The number of benzene rings is 1. The van der Waals surface area contributed by atoms with E-state index in [1.807, 2.05) is 31.2 Å². The van der Waals surface area contributed by atoms with E-state index in [0.717, 1.165) is 41.0 Å². The number of aromatic amines is 1. The van der Waals surface area contributed by atoms with Crippen LogP contribution in [0.5, 0.6) is 0 Å². The van der Waals surface area contributed by atoms with Crippen molar-refractivity contribution < 1.29 is 4.42 Å². The quantitative estimate of drug-likeness (QED) is 0.590. The van der Waals surface area contributed by atoms with Gasteiger partial charge < -0.3 is 4.42 Å². The van der Waals surface area contributed by atoms with Gasteiger partial charge in [0.05, 0.1) is 6.21 Å². The highest BCUT2D eigenvalue weighted by Crippen LogP contribution is 2.24. The molecule has 0 aliphatic heterocycles. The Hall–Kier alpha value is -2.21. The predicted octanol–water partition coefficient (Wildman–Crippen LogP) is 3.69. The lowest BCUT2D eigenvalue weighted by atomic mass is 10.1. The van der Waals surface area contributed by atoms with Gasteiger partial charge in [0, 0.05) is 23.8 Å². The fourth-order valence-corrected chi connectivity index (χ4v) is 2.51. The largest absolute Gasteiger partial charge is 0.460 e. The molecule has 3 rings (SSSR count). The number of H-pyrrole nitrogens is 1. The number of aryl methyl sites for hydroxylation is 2. The van der Waals surface area contributed by atoms with Crippen LogP contribution in [0, 0.1) is 4.77 Å². The van der Waals surface area contributed by atoms with E-state index in [4.69, 9.17) is 16.6 Å².